The molecule has 0 fully saturated rings. The van der Waals surface area contributed by atoms with Crippen LogP contribution in [0.2, 0.25) is 0 Å². The number of halogens is 3. The molecular weight excluding hydrogens is 403 g/mol. The molecule has 3 aromatic rings. The largest absolute Gasteiger partial charge is 0.434 e. The van der Waals surface area contributed by atoms with Gasteiger partial charge in [0.05, 0.1) is 5.01 Å². The summed E-state index contributed by atoms with van der Waals surface area (Å²) in [6.07, 6.45) is -2.42. The molecule has 0 aliphatic rings. The number of thiazole rings is 1. The minimum atomic E-state index is -4.41. The van der Waals surface area contributed by atoms with E-state index in [0.29, 0.717) is 42.8 Å². The van der Waals surface area contributed by atoms with Crippen LogP contribution in [0.25, 0.3) is 5.69 Å². The molecule has 29 heavy (non-hydrogen) atoms. The van der Waals surface area contributed by atoms with Gasteiger partial charge in [-0.05, 0) is 19.1 Å². The van der Waals surface area contributed by atoms with Crippen LogP contribution in [0, 0.1) is 0 Å². The summed E-state index contributed by atoms with van der Waals surface area (Å²) < 4.78 is 39.7. The van der Waals surface area contributed by atoms with Crippen molar-refractivity contribution in [1.29, 1.82) is 0 Å². The third kappa shape index (κ3) is 5.76. The summed E-state index contributed by atoms with van der Waals surface area (Å²) in [5.74, 6) is 1.21. The summed E-state index contributed by atoms with van der Waals surface area (Å²) in [5, 5.41) is 15.7. The van der Waals surface area contributed by atoms with Gasteiger partial charge in [-0.2, -0.15) is 13.2 Å². The highest BCUT2D eigenvalue weighted by atomic mass is 32.1. The number of aliphatic imine (C=N–C) groups is 1. The maximum atomic E-state index is 12.6. The van der Waals surface area contributed by atoms with Gasteiger partial charge in [0.15, 0.2) is 17.5 Å². The molecule has 2 aromatic heterocycles. The number of rotatable bonds is 7. The molecule has 2 heterocycles. The SMILES string of the molecule is CCNC(=NCc1nncn1-c1ccccc1)NCCc1nc(C(F)(F)F)cs1. The Morgan fingerprint density at radius 1 is 1.21 bits per heavy atom. The van der Waals surface area contributed by atoms with Crippen LogP contribution >= 0.6 is 11.3 Å². The van der Waals surface area contributed by atoms with Crippen molar-refractivity contribution in [3.05, 3.63) is 58.6 Å². The van der Waals surface area contributed by atoms with E-state index in [2.05, 4.69) is 30.8 Å². The standard InChI is InChI=1S/C18H20F3N7S/c1-2-22-17(23-9-8-16-26-14(11-29-16)18(19,20)21)24-10-15-27-25-12-28(15)13-6-4-3-5-7-13/h3-7,11-12H,2,8-10H2,1H3,(H2,22,23,24). The van der Waals surface area contributed by atoms with Crippen molar-refractivity contribution in [3.8, 4) is 5.69 Å². The number of aromatic nitrogens is 4. The molecule has 3 rings (SSSR count). The van der Waals surface area contributed by atoms with E-state index in [1.807, 2.05) is 41.8 Å². The number of hydrogen-bond acceptors (Lipinski definition) is 5. The van der Waals surface area contributed by atoms with E-state index >= 15 is 0 Å². The van der Waals surface area contributed by atoms with Crippen molar-refractivity contribution in [3.63, 3.8) is 0 Å². The Kier molecular flexibility index (Phi) is 6.81. The molecule has 1 aromatic carbocycles. The zero-order valence-electron chi connectivity index (χ0n) is 15.6. The lowest BCUT2D eigenvalue weighted by molar-refractivity contribution is -0.140. The van der Waals surface area contributed by atoms with Gasteiger partial charge in [0, 0.05) is 30.6 Å². The second-order valence-corrected chi connectivity index (χ2v) is 6.89. The molecule has 0 atom stereocenters. The second-order valence-electron chi connectivity index (χ2n) is 5.95. The highest BCUT2D eigenvalue weighted by molar-refractivity contribution is 7.09. The summed E-state index contributed by atoms with van der Waals surface area (Å²) in [6.45, 7) is 3.27. The van der Waals surface area contributed by atoms with Crippen LogP contribution in [0.15, 0.2) is 47.0 Å². The molecule has 0 amide bonds. The Bertz CT molecular complexity index is 934. The minimum absolute atomic E-state index is 0.291. The highest BCUT2D eigenvalue weighted by Gasteiger charge is 2.33. The highest BCUT2D eigenvalue weighted by Crippen LogP contribution is 2.29. The average molecular weight is 423 g/mol. The molecular formula is C18H20F3N7S. The third-order valence-corrected chi connectivity index (χ3v) is 4.76. The fourth-order valence-electron chi connectivity index (χ4n) is 2.51. The van der Waals surface area contributed by atoms with Crippen LogP contribution in [0.1, 0.15) is 23.4 Å². The van der Waals surface area contributed by atoms with Crippen molar-refractivity contribution in [2.45, 2.75) is 26.1 Å². The Hall–Kier alpha value is -2.95. The van der Waals surface area contributed by atoms with Crippen LogP contribution in [0.3, 0.4) is 0 Å². The van der Waals surface area contributed by atoms with Crippen molar-refractivity contribution in [2.75, 3.05) is 13.1 Å². The molecule has 0 unspecified atom stereocenters. The normalized spacial score (nSPS) is 12.2. The molecule has 7 nitrogen and oxygen atoms in total. The predicted octanol–water partition coefficient (Wildman–Crippen LogP) is 3.04. The molecule has 0 aliphatic heterocycles. The first kappa shape index (κ1) is 20.8. The number of nitrogens with one attached hydrogen (secondary N) is 2. The van der Waals surface area contributed by atoms with E-state index < -0.39 is 11.9 Å². The van der Waals surface area contributed by atoms with Crippen LogP contribution in [0.4, 0.5) is 13.2 Å². The molecule has 0 bridgehead atoms. The zero-order valence-corrected chi connectivity index (χ0v) is 16.5. The zero-order chi connectivity index (χ0) is 20.7. The van der Waals surface area contributed by atoms with Gasteiger partial charge in [0.25, 0.3) is 0 Å². The van der Waals surface area contributed by atoms with E-state index in [1.54, 1.807) is 6.33 Å². The van der Waals surface area contributed by atoms with E-state index in [4.69, 9.17) is 0 Å². The Morgan fingerprint density at radius 2 is 2.00 bits per heavy atom. The number of benzene rings is 1. The van der Waals surface area contributed by atoms with Gasteiger partial charge in [-0.3, -0.25) is 4.57 Å². The van der Waals surface area contributed by atoms with Crippen LogP contribution in [0.5, 0.6) is 0 Å². The number of nitrogens with zero attached hydrogens (tertiary/aromatic N) is 5. The molecule has 0 spiro atoms. The summed E-state index contributed by atoms with van der Waals surface area (Å²) in [7, 11) is 0. The van der Waals surface area contributed by atoms with Gasteiger partial charge in [0.2, 0.25) is 0 Å². The Balaban J connectivity index is 1.60. The van der Waals surface area contributed by atoms with Crippen molar-refractivity contribution < 1.29 is 13.2 Å². The summed E-state index contributed by atoms with van der Waals surface area (Å²) in [4.78, 5) is 8.12. The quantitative estimate of drug-likeness (QED) is 0.451. The lowest BCUT2D eigenvalue weighted by Gasteiger charge is -2.11. The van der Waals surface area contributed by atoms with Gasteiger partial charge < -0.3 is 10.6 Å². The van der Waals surface area contributed by atoms with Crippen molar-refractivity contribution >= 4 is 17.3 Å². The van der Waals surface area contributed by atoms with Crippen molar-refractivity contribution in [1.82, 2.24) is 30.4 Å². The van der Waals surface area contributed by atoms with Crippen LogP contribution < -0.4 is 10.6 Å². The maximum absolute atomic E-state index is 12.6. The van der Waals surface area contributed by atoms with E-state index in [9.17, 15) is 13.2 Å². The molecule has 0 radical (unpaired) electrons. The van der Waals surface area contributed by atoms with Gasteiger partial charge in [-0.1, -0.05) is 18.2 Å². The molecule has 0 saturated heterocycles. The van der Waals surface area contributed by atoms with Gasteiger partial charge >= 0.3 is 6.18 Å². The number of alkyl halides is 3. The molecule has 11 heteroatoms. The fourth-order valence-corrected chi connectivity index (χ4v) is 3.31. The monoisotopic (exact) mass is 423 g/mol. The average Bonchev–Trinajstić information content (AvgIpc) is 3.36. The van der Waals surface area contributed by atoms with Gasteiger partial charge in [-0.25, -0.2) is 9.98 Å². The third-order valence-electron chi connectivity index (χ3n) is 3.85. The number of guanidine groups is 1. The predicted molar refractivity (Wildman–Crippen MR) is 105 cm³/mol. The lowest BCUT2D eigenvalue weighted by Crippen LogP contribution is -2.38. The van der Waals surface area contributed by atoms with Crippen LogP contribution in [-0.4, -0.2) is 38.8 Å². The maximum Gasteiger partial charge on any atom is 0.434 e. The van der Waals surface area contributed by atoms with E-state index in [1.165, 1.54) is 0 Å². The minimum Gasteiger partial charge on any atom is -0.357 e. The first-order chi connectivity index (χ1) is 14.0. The molecule has 0 saturated carbocycles. The molecule has 2 N–H and O–H groups in total. The Labute approximate surface area is 169 Å². The van der Waals surface area contributed by atoms with E-state index in [0.717, 1.165) is 22.4 Å². The van der Waals surface area contributed by atoms with Crippen molar-refractivity contribution in [2.24, 2.45) is 4.99 Å². The van der Waals surface area contributed by atoms with Crippen LogP contribution in [-0.2, 0) is 19.1 Å². The van der Waals surface area contributed by atoms with Gasteiger partial charge in [-0.15, -0.1) is 21.5 Å². The summed E-state index contributed by atoms with van der Waals surface area (Å²) in [6, 6.07) is 9.68. The van der Waals surface area contributed by atoms with E-state index in [-0.39, 0.29) is 0 Å². The summed E-state index contributed by atoms with van der Waals surface area (Å²) >= 11 is 0.999. The van der Waals surface area contributed by atoms with Gasteiger partial charge in [0.1, 0.15) is 12.9 Å². The molecule has 154 valence electrons. The first-order valence-corrected chi connectivity index (χ1v) is 9.83. The second kappa shape index (κ2) is 9.50. The number of para-hydroxylation sites is 1. The topological polar surface area (TPSA) is 80.0 Å². The smallest absolute Gasteiger partial charge is 0.357 e. The summed E-state index contributed by atoms with van der Waals surface area (Å²) in [5.41, 5.74) is 0.0863. The Morgan fingerprint density at radius 3 is 2.69 bits per heavy atom. The first-order valence-electron chi connectivity index (χ1n) is 8.95. The molecule has 0 aliphatic carbocycles. The fraction of sp³-hybridized carbons (Fsp3) is 0.333. The number of hydrogen-bond donors (Lipinski definition) is 2. The lowest BCUT2D eigenvalue weighted by atomic mass is 10.3.